The van der Waals surface area contributed by atoms with Crippen molar-refractivity contribution in [3.8, 4) is 0 Å². The molecule has 1 amide bonds. The summed E-state index contributed by atoms with van der Waals surface area (Å²) in [6.07, 6.45) is 2.30. The van der Waals surface area contributed by atoms with Crippen LogP contribution in [-0.2, 0) is 16.1 Å². The highest BCUT2D eigenvalue weighted by molar-refractivity contribution is 5.76. The molecule has 0 radical (unpaired) electrons. The molecule has 0 bridgehead atoms. The normalized spacial score (nSPS) is 12.2. The minimum absolute atomic E-state index is 0.0479. The molecule has 0 aromatic heterocycles. The third-order valence-corrected chi connectivity index (χ3v) is 3.23. The number of hydrogen-bond acceptors (Lipinski definition) is 3. The molecule has 0 saturated heterocycles. The van der Waals surface area contributed by atoms with E-state index in [0.717, 1.165) is 18.4 Å². The SMILES string of the molecule is CCCC(N)CC(=O)N(CCOC)Cc1ccccc1. The molecule has 0 saturated carbocycles. The molecule has 0 heterocycles. The topological polar surface area (TPSA) is 55.6 Å². The Morgan fingerprint density at radius 1 is 1.35 bits per heavy atom. The summed E-state index contributed by atoms with van der Waals surface area (Å²) in [5.74, 6) is 0.104. The number of nitrogens with two attached hydrogens (primary N) is 1. The first-order chi connectivity index (χ1) is 9.67. The molecule has 4 heteroatoms. The molecule has 0 aliphatic rings. The van der Waals surface area contributed by atoms with Gasteiger partial charge in [-0.15, -0.1) is 0 Å². The zero-order valence-electron chi connectivity index (χ0n) is 12.5. The van der Waals surface area contributed by atoms with Crippen molar-refractivity contribution in [1.29, 1.82) is 0 Å². The second-order valence-corrected chi connectivity index (χ2v) is 5.05. The van der Waals surface area contributed by atoms with Crippen LogP contribution in [0.5, 0.6) is 0 Å². The van der Waals surface area contributed by atoms with Crippen LogP contribution in [0.15, 0.2) is 30.3 Å². The number of nitrogens with zero attached hydrogens (tertiary/aromatic N) is 1. The average Bonchev–Trinajstić information content (AvgIpc) is 2.44. The molecule has 1 aromatic carbocycles. The second-order valence-electron chi connectivity index (χ2n) is 5.05. The lowest BCUT2D eigenvalue weighted by molar-refractivity contribution is -0.132. The number of methoxy groups -OCH3 is 1. The van der Waals surface area contributed by atoms with Crippen LogP contribution in [0.25, 0.3) is 0 Å². The van der Waals surface area contributed by atoms with E-state index in [2.05, 4.69) is 6.92 Å². The van der Waals surface area contributed by atoms with Crippen molar-refractivity contribution in [1.82, 2.24) is 4.90 Å². The van der Waals surface area contributed by atoms with Crippen LogP contribution < -0.4 is 5.73 Å². The molecule has 0 aliphatic heterocycles. The third kappa shape index (κ3) is 6.17. The summed E-state index contributed by atoms with van der Waals surface area (Å²) in [5.41, 5.74) is 7.09. The van der Waals surface area contributed by atoms with Gasteiger partial charge in [0, 0.05) is 32.7 Å². The van der Waals surface area contributed by atoms with Crippen molar-refractivity contribution in [3.05, 3.63) is 35.9 Å². The number of carbonyl (C=O) groups is 1. The predicted octanol–water partition coefficient (Wildman–Crippen LogP) is 2.18. The van der Waals surface area contributed by atoms with Gasteiger partial charge in [0.05, 0.1) is 6.61 Å². The largest absolute Gasteiger partial charge is 0.383 e. The molecule has 0 fully saturated rings. The summed E-state index contributed by atoms with van der Waals surface area (Å²) < 4.78 is 5.09. The fourth-order valence-corrected chi connectivity index (χ4v) is 2.12. The quantitative estimate of drug-likeness (QED) is 0.753. The molecular formula is C16H26N2O2. The first kappa shape index (κ1) is 16.7. The Morgan fingerprint density at radius 2 is 2.05 bits per heavy atom. The lowest BCUT2D eigenvalue weighted by Gasteiger charge is -2.24. The average molecular weight is 278 g/mol. The Labute approximate surface area is 121 Å². The molecule has 4 nitrogen and oxygen atoms in total. The number of ether oxygens (including phenoxy) is 1. The second kappa shape index (κ2) is 9.50. The predicted molar refractivity (Wildman–Crippen MR) is 81.2 cm³/mol. The Morgan fingerprint density at radius 3 is 2.65 bits per heavy atom. The minimum atomic E-state index is -0.0479. The molecule has 2 N–H and O–H groups in total. The van der Waals surface area contributed by atoms with E-state index in [1.54, 1.807) is 7.11 Å². The van der Waals surface area contributed by atoms with E-state index in [1.165, 1.54) is 0 Å². The zero-order chi connectivity index (χ0) is 14.8. The number of rotatable bonds is 9. The van der Waals surface area contributed by atoms with Crippen LogP contribution in [0.2, 0.25) is 0 Å². The molecule has 1 atom stereocenters. The van der Waals surface area contributed by atoms with Gasteiger partial charge in [0.1, 0.15) is 0 Å². The molecule has 20 heavy (non-hydrogen) atoms. The van der Waals surface area contributed by atoms with Gasteiger partial charge in [-0.3, -0.25) is 4.79 Å². The first-order valence-electron chi connectivity index (χ1n) is 7.23. The monoisotopic (exact) mass is 278 g/mol. The van der Waals surface area contributed by atoms with Gasteiger partial charge in [-0.1, -0.05) is 43.7 Å². The van der Waals surface area contributed by atoms with Crippen LogP contribution in [0.3, 0.4) is 0 Å². The van der Waals surface area contributed by atoms with Crippen LogP contribution in [0, 0.1) is 0 Å². The van der Waals surface area contributed by atoms with Gasteiger partial charge in [0.15, 0.2) is 0 Å². The maximum atomic E-state index is 12.3. The minimum Gasteiger partial charge on any atom is -0.383 e. The van der Waals surface area contributed by atoms with Crippen LogP contribution in [-0.4, -0.2) is 37.1 Å². The molecule has 0 spiro atoms. The molecule has 1 rings (SSSR count). The van der Waals surface area contributed by atoms with E-state index in [0.29, 0.717) is 26.1 Å². The zero-order valence-corrected chi connectivity index (χ0v) is 12.5. The lowest BCUT2D eigenvalue weighted by Crippen LogP contribution is -2.37. The van der Waals surface area contributed by atoms with Crippen molar-refractivity contribution in [2.45, 2.75) is 38.8 Å². The Balaban J connectivity index is 2.60. The molecule has 1 aromatic rings. The van der Waals surface area contributed by atoms with E-state index < -0.39 is 0 Å². The van der Waals surface area contributed by atoms with Gasteiger partial charge in [0.25, 0.3) is 0 Å². The summed E-state index contributed by atoms with van der Waals surface area (Å²) >= 11 is 0. The van der Waals surface area contributed by atoms with Crippen molar-refractivity contribution >= 4 is 5.91 Å². The highest BCUT2D eigenvalue weighted by Gasteiger charge is 2.16. The van der Waals surface area contributed by atoms with Crippen molar-refractivity contribution in [2.24, 2.45) is 5.73 Å². The molecule has 0 aliphatic carbocycles. The maximum absolute atomic E-state index is 12.3. The van der Waals surface area contributed by atoms with Crippen molar-refractivity contribution in [3.63, 3.8) is 0 Å². The van der Waals surface area contributed by atoms with Crippen LogP contribution in [0.1, 0.15) is 31.7 Å². The summed E-state index contributed by atoms with van der Waals surface area (Å²) in [4.78, 5) is 14.2. The Kier molecular flexibility index (Phi) is 7.92. The van der Waals surface area contributed by atoms with E-state index in [-0.39, 0.29) is 11.9 Å². The summed E-state index contributed by atoms with van der Waals surface area (Å²) in [5, 5.41) is 0. The van der Waals surface area contributed by atoms with Crippen LogP contribution in [0.4, 0.5) is 0 Å². The number of benzene rings is 1. The third-order valence-electron chi connectivity index (χ3n) is 3.23. The van der Waals surface area contributed by atoms with E-state index in [1.807, 2.05) is 35.2 Å². The van der Waals surface area contributed by atoms with Gasteiger partial charge in [0.2, 0.25) is 5.91 Å². The highest BCUT2D eigenvalue weighted by atomic mass is 16.5. The van der Waals surface area contributed by atoms with Crippen molar-refractivity contribution < 1.29 is 9.53 Å². The first-order valence-corrected chi connectivity index (χ1v) is 7.23. The van der Waals surface area contributed by atoms with Gasteiger partial charge in [-0.25, -0.2) is 0 Å². The Bertz CT molecular complexity index is 381. The molecular weight excluding hydrogens is 252 g/mol. The van der Waals surface area contributed by atoms with Crippen LogP contribution >= 0.6 is 0 Å². The van der Waals surface area contributed by atoms with Gasteiger partial charge < -0.3 is 15.4 Å². The molecule has 112 valence electrons. The number of amides is 1. The number of hydrogen-bond donors (Lipinski definition) is 1. The standard InChI is InChI=1S/C16H26N2O2/c1-3-7-15(17)12-16(19)18(10-11-20-2)13-14-8-5-4-6-9-14/h4-6,8-9,15H,3,7,10-13,17H2,1-2H3. The smallest absolute Gasteiger partial charge is 0.224 e. The highest BCUT2D eigenvalue weighted by Crippen LogP contribution is 2.08. The fraction of sp³-hybridized carbons (Fsp3) is 0.562. The van der Waals surface area contributed by atoms with Crippen molar-refractivity contribution in [2.75, 3.05) is 20.3 Å². The lowest BCUT2D eigenvalue weighted by atomic mass is 10.1. The van der Waals surface area contributed by atoms with E-state index in [9.17, 15) is 4.79 Å². The number of carbonyl (C=O) groups excluding carboxylic acids is 1. The van der Waals surface area contributed by atoms with Gasteiger partial charge in [-0.05, 0) is 12.0 Å². The van der Waals surface area contributed by atoms with Gasteiger partial charge >= 0.3 is 0 Å². The van der Waals surface area contributed by atoms with Gasteiger partial charge in [-0.2, -0.15) is 0 Å². The van der Waals surface area contributed by atoms with E-state index in [4.69, 9.17) is 10.5 Å². The molecule has 1 unspecified atom stereocenters. The fourth-order valence-electron chi connectivity index (χ4n) is 2.12. The maximum Gasteiger partial charge on any atom is 0.224 e. The summed E-state index contributed by atoms with van der Waals surface area (Å²) in [6.45, 7) is 3.84. The summed E-state index contributed by atoms with van der Waals surface area (Å²) in [7, 11) is 1.65. The van der Waals surface area contributed by atoms with E-state index >= 15 is 0 Å². The Hall–Kier alpha value is -1.39. The summed E-state index contributed by atoms with van der Waals surface area (Å²) in [6, 6.07) is 9.95.